The number of nitrogens with one attached hydrogen (secondary N) is 5. The Hall–Kier alpha value is -9.16. The van der Waals surface area contributed by atoms with E-state index in [-0.39, 0.29) is 88.2 Å². The van der Waals surface area contributed by atoms with Gasteiger partial charge < -0.3 is 55.0 Å². The molecule has 23 heteroatoms. The number of hydrogen-bond acceptors (Lipinski definition) is 16. The molecule has 0 saturated heterocycles. The third-order valence-electron chi connectivity index (χ3n) is 12.3. The SMILES string of the molecule is C[C@H](NC(=O)CCOCCOCCOCCOCCN1C(=O)C=CC1=O)C(=O)N[C@@H](C)C(=O)N[C@@H](CC(=O)NC(c1ccccc1)(c1ccccc1)c1ccccc1)C(=O)Nc1ccc(COC(=O)Oc2ccc([N+](=O)[O-])cc2)cc1. The van der Waals surface area contributed by atoms with Gasteiger partial charge in [-0.15, -0.1) is 0 Å². The lowest BCUT2D eigenvalue weighted by atomic mass is 9.77. The van der Waals surface area contributed by atoms with Crippen molar-refractivity contribution in [1.82, 2.24) is 26.2 Å². The highest BCUT2D eigenvalue weighted by Crippen LogP contribution is 2.37. The first-order valence-corrected chi connectivity index (χ1v) is 25.8. The molecule has 3 atom stereocenters. The van der Waals surface area contributed by atoms with Crippen molar-refractivity contribution < 1.29 is 71.7 Å². The van der Waals surface area contributed by atoms with Crippen LogP contribution in [0.5, 0.6) is 5.75 Å². The Kier molecular flexibility index (Phi) is 23.7. The smallest absolute Gasteiger partial charge is 0.429 e. The van der Waals surface area contributed by atoms with Gasteiger partial charge in [-0.25, -0.2) is 4.79 Å². The summed E-state index contributed by atoms with van der Waals surface area (Å²) in [7, 11) is 0. The molecule has 81 heavy (non-hydrogen) atoms. The molecular formula is C58H63N7O16. The van der Waals surface area contributed by atoms with Crippen molar-refractivity contribution >= 4 is 58.9 Å². The molecule has 426 valence electrons. The number of nitro groups is 1. The normalized spacial score (nSPS) is 13.1. The molecule has 0 fully saturated rings. The van der Waals surface area contributed by atoms with E-state index >= 15 is 0 Å². The Morgan fingerprint density at radius 2 is 1.05 bits per heavy atom. The van der Waals surface area contributed by atoms with Crippen LogP contribution in [0.3, 0.4) is 0 Å². The molecule has 0 aliphatic carbocycles. The van der Waals surface area contributed by atoms with Crippen LogP contribution in [0.2, 0.25) is 0 Å². The van der Waals surface area contributed by atoms with Gasteiger partial charge in [0.05, 0.1) is 70.7 Å². The molecule has 1 aliphatic heterocycles. The minimum absolute atomic E-state index is 0.0316. The van der Waals surface area contributed by atoms with Crippen molar-refractivity contribution in [3.8, 4) is 5.75 Å². The number of hydrogen-bond donors (Lipinski definition) is 5. The van der Waals surface area contributed by atoms with Crippen molar-refractivity contribution in [1.29, 1.82) is 0 Å². The number of amides is 7. The zero-order valence-corrected chi connectivity index (χ0v) is 44.6. The predicted octanol–water partition coefficient (Wildman–Crippen LogP) is 4.62. The molecule has 0 radical (unpaired) electrons. The highest BCUT2D eigenvalue weighted by Gasteiger charge is 2.39. The molecule has 0 aromatic heterocycles. The van der Waals surface area contributed by atoms with Crippen molar-refractivity contribution in [2.24, 2.45) is 0 Å². The van der Waals surface area contributed by atoms with Crippen molar-refractivity contribution in [3.05, 3.63) is 184 Å². The van der Waals surface area contributed by atoms with Gasteiger partial charge in [-0.1, -0.05) is 103 Å². The van der Waals surface area contributed by atoms with Gasteiger partial charge in [0.1, 0.15) is 36.0 Å². The molecule has 0 saturated carbocycles. The Balaban J connectivity index is 1.00. The molecule has 6 rings (SSSR count). The third-order valence-corrected chi connectivity index (χ3v) is 12.3. The van der Waals surface area contributed by atoms with Gasteiger partial charge in [-0.05, 0) is 60.4 Å². The van der Waals surface area contributed by atoms with Gasteiger partial charge in [-0.2, -0.15) is 0 Å². The summed E-state index contributed by atoms with van der Waals surface area (Å²) < 4.78 is 32.0. The van der Waals surface area contributed by atoms with Gasteiger partial charge in [0.25, 0.3) is 17.5 Å². The van der Waals surface area contributed by atoms with Crippen LogP contribution in [0.4, 0.5) is 16.2 Å². The van der Waals surface area contributed by atoms with Gasteiger partial charge in [0.15, 0.2) is 0 Å². The lowest BCUT2D eigenvalue weighted by Crippen LogP contribution is -2.56. The van der Waals surface area contributed by atoms with Crippen LogP contribution in [0, 0.1) is 10.1 Å². The highest BCUT2D eigenvalue weighted by molar-refractivity contribution is 6.12. The van der Waals surface area contributed by atoms with Crippen LogP contribution in [-0.4, -0.2) is 135 Å². The van der Waals surface area contributed by atoms with E-state index in [1.807, 2.05) is 91.0 Å². The fourth-order valence-electron chi connectivity index (χ4n) is 8.07. The van der Waals surface area contributed by atoms with Crippen molar-refractivity contribution in [2.45, 2.75) is 57.0 Å². The van der Waals surface area contributed by atoms with Gasteiger partial charge >= 0.3 is 6.16 Å². The van der Waals surface area contributed by atoms with E-state index in [0.717, 1.165) is 4.90 Å². The molecule has 5 aromatic carbocycles. The molecule has 1 aliphatic rings. The summed E-state index contributed by atoms with van der Waals surface area (Å²) in [4.78, 5) is 116. The minimum Gasteiger partial charge on any atom is -0.429 e. The van der Waals surface area contributed by atoms with Gasteiger partial charge in [0.2, 0.25) is 29.5 Å². The van der Waals surface area contributed by atoms with E-state index < -0.39 is 70.7 Å². The standard InChI is InChI=1S/C58H63N7O16/c1-40(59-50(66)28-30-76-32-34-78-36-37-79-35-33-77-31-29-64-52(68)26-27-53(64)69)54(70)60-41(2)55(71)62-49(56(72)61-46-20-18-42(19-21-46)39-80-57(73)81-48-24-22-47(23-25-48)65(74)75)38-51(67)63-58(43-12-6-3-7-13-43,44-14-8-4-9-15-44)45-16-10-5-11-17-45/h3-27,40-41,49H,28-39H2,1-2H3,(H,59,66)(H,60,70)(H,61,72)(H,62,71)(H,63,67)/t40-,41-,49-/m0/s1. The van der Waals surface area contributed by atoms with Crippen LogP contribution in [-0.2, 0) is 69.4 Å². The molecular weight excluding hydrogens is 1050 g/mol. The number of carbonyl (C=O) groups excluding carboxylic acids is 8. The summed E-state index contributed by atoms with van der Waals surface area (Å²) in [5.74, 6) is -4.14. The molecule has 0 bridgehead atoms. The number of benzene rings is 5. The first-order chi connectivity index (χ1) is 39.1. The van der Waals surface area contributed by atoms with Gasteiger partial charge in [-0.3, -0.25) is 48.6 Å². The summed E-state index contributed by atoms with van der Waals surface area (Å²) >= 11 is 0. The van der Waals surface area contributed by atoms with Crippen LogP contribution in [0.25, 0.3) is 0 Å². The molecule has 0 spiro atoms. The van der Waals surface area contributed by atoms with Crippen LogP contribution in [0.15, 0.2) is 152 Å². The van der Waals surface area contributed by atoms with E-state index in [1.54, 1.807) is 12.1 Å². The lowest BCUT2D eigenvalue weighted by molar-refractivity contribution is -0.384. The maximum absolute atomic E-state index is 14.6. The maximum atomic E-state index is 14.6. The van der Waals surface area contributed by atoms with E-state index in [2.05, 4.69) is 26.6 Å². The number of anilines is 1. The van der Waals surface area contributed by atoms with Crippen molar-refractivity contribution in [2.75, 3.05) is 64.7 Å². The summed E-state index contributed by atoms with van der Waals surface area (Å²) in [6.07, 6.45) is 0.709. The van der Waals surface area contributed by atoms with E-state index in [9.17, 15) is 48.5 Å². The average molecular weight is 1110 g/mol. The van der Waals surface area contributed by atoms with Gasteiger partial charge in [0, 0.05) is 36.4 Å². The summed E-state index contributed by atoms with van der Waals surface area (Å²) in [6, 6.07) is 35.0. The predicted molar refractivity (Wildman–Crippen MR) is 292 cm³/mol. The number of rotatable bonds is 32. The third kappa shape index (κ3) is 19.0. The number of nitro benzene ring substituents is 1. The molecule has 5 N–H and O–H groups in total. The molecule has 5 aromatic rings. The first-order valence-electron chi connectivity index (χ1n) is 25.8. The summed E-state index contributed by atoms with van der Waals surface area (Å²) in [5, 5.41) is 24.6. The second kappa shape index (κ2) is 31.4. The highest BCUT2D eigenvalue weighted by atomic mass is 16.7. The van der Waals surface area contributed by atoms with Crippen LogP contribution in [0.1, 0.15) is 48.9 Å². The fourth-order valence-corrected chi connectivity index (χ4v) is 8.07. The second-order valence-electron chi connectivity index (χ2n) is 18.1. The molecule has 7 amide bonds. The quantitative estimate of drug-likeness (QED) is 0.00746. The molecule has 1 heterocycles. The fraction of sp³-hybridized carbons (Fsp3) is 0.310. The number of carbonyl (C=O) groups is 8. The first kappa shape index (κ1) is 61.1. The topological polar surface area (TPSA) is 298 Å². The van der Waals surface area contributed by atoms with Crippen LogP contribution >= 0.6 is 0 Å². The van der Waals surface area contributed by atoms with Crippen LogP contribution < -0.4 is 31.3 Å². The van der Waals surface area contributed by atoms with E-state index in [0.29, 0.717) is 35.5 Å². The monoisotopic (exact) mass is 1110 g/mol. The average Bonchev–Trinajstić information content (AvgIpc) is 3.96. The van der Waals surface area contributed by atoms with Crippen molar-refractivity contribution in [3.63, 3.8) is 0 Å². The zero-order valence-electron chi connectivity index (χ0n) is 44.6. The molecule has 23 nitrogen and oxygen atoms in total. The van der Waals surface area contributed by atoms with E-state index in [1.165, 1.54) is 62.4 Å². The Morgan fingerprint density at radius 1 is 0.568 bits per heavy atom. The minimum atomic E-state index is -1.52. The number of nitrogens with zero attached hydrogens (tertiary/aromatic N) is 2. The number of ether oxygens (including phenoxy) is 6. The van der Waals surface area contributed by atoms with E-state index in [4.69, 9.17) is 28.4 Å². The molecule has 0 unspecified atom stereocenters. The zero-order chi connectivity index (χ0) is 58.0. The Labute approximate surface area is 466 Å². The Morgan fingerprint density at radius 3 is 1.57 bits per heavy atom. The maximum Gasteiger partial charge on any atom is 0.514 e. The summed E-state index contributed by atoms with van der Waals surface area (Å²) in [6.45, 7) is 4.52. The largest absolute Gasteiger partial charge is 0.514 e. The number of imide groups is 1. The summed E-state index contributed by atoms with van der Waals surface area (Å²) in [5.41, 5.74) is 1.43. The number of non-ortho nitro benzene ring substituents is 1. The Bertz CT molecular complexity index is 2830. The lowest BCUT2D eigenvalue weighted by Gasteiger charge is -2.37. The second-order valence-corrected chi connectivity index (χ2v) is 18.1.